The first kappa shape index (κ1) is 22.7. The molecule has 2 aliphatic carbocycles. The average molecular weight is 434 g/mol. The second-order valence-corrected chi connectivity index (χ2v) is 10.3. The number of rotatable bonds is 5. The SMILES string of the molecule is C#CCN(C)C(=O)C[C@@H]1c2nc(NC(C)=O)sc2C[C@@H]2[C@](C)(CO)[C@H](O)CC[C@]21C. The van der Waals surface area contributed by atoms with E-state index in [1.165, 1.54) is 23.2 Å². The van der Waals surface area contributed by atoms with Crippen LogP contribution in [0.25, 0.3) is 0 Å². The van der Waals surface area contributed by atoms with Crippen LogP contribution in [0.3, 0.4) is 0 Å². The van der Waals surface area contributed by atoms with Crippen LogP contribution in [0.4, 0.5) is 5.13 Å². The minimum Gasteiger partial charge on any atom is -0.396 e. The predicted molar refractivity (Wildman–Crippen MR) is 116 cm³/mol. The van der Waals surface area contributed by atoms with Crippen LogP contribution in [-0.2, 0) is 16.0 Å². The Hall–Kier alpha value is -1.95. The summed E-state index contributed by atoms with van der Waals surface area (Å²) in [5, 5.41) is 24.3. The van der Waals surface area contributed by atoms with E-state index in [-0.39, 0.29) is 48.6 Å². The van der Waals surface area contributed by atoms with Crippen molar-refractivity contribution < 1.29 is 19.8 Å². The van der Waals surface area contributed by atoms with Gasteiger partial charge in [-0.2, -0.15) is 0 Å². The van der Waals surface area contributed by atoms with Gasteiger partial charge in [-0.15, -0.1) is 17.8 Å². The minimum atomic E-state index is -0.672. The number of aliphatic hydroxyl groups excluding tert-OH is 2. The van der Waals surface area contributed by atoms with Crippen molar-refractivity contribution in [2.75, 3.05) is 25.5 Å². The molecule has 0 aliphatic heterocycles. The molecule has 0 aromatic carbocycles. The Morgan fingerprint density at radius 1 is 1.43 bits per heavy atom. The van der Waals surface area contributed by atoms with E-state index in [4.69, 9.17) is 11.4 Å². The molecule has 0 unspecified atom stereocenters. The van der Waals surface area contributed by atoms with Crippen LogP contribution < -0.4 is 5.32 Å². The van der Waals surface area contributed by atoms with Crippen LogP contribution in [0.15, 0.2) is 0 Å². The normalized spacial score (nSPS) is 32.5. The molecule has 0 radical (unpaired) electrons. The van der Waals surface area contributed by atoms with E-state index in [1.807, 2.05) is 6.92 Å². The highest BCUT2D eigenvalue weighted by molar-refractivity contribution is 7.15. The Balaban J connectivity index is 2.07. The molecule has 1 aromatic heterocycles. The standard InChI is InChI=1S/C22H31N3O4S/c1-6-9-25(5)18(29)10-14-19-15(30-20(24-19)23-13(2)27)11-16-21(14,3)8-7-17(28)22(16,4)12-26/h1,14,16-17,26,28H,7-12H2,2-5H3,(H,23,24,27)/t14-,16+,17-,21+,22+/m1/s1. The summed E-state index contributed by atoms with van der Waals surface area (Å²) >= 11 is 1.42. The number of thiazole rings is 1. The number of nitrogens with one attached hydrogen (secondary N) is 1. The van der Waals surface area contributed by atoms with E-state index >= 15 is 0 Å². The summed E-state index contributed by atoms with van der Waals surface area (Å²) in [5.74, 6) is 2.05. The highest BCUT2D eigenvalue weighted by Gasteiger charge is 2.59. The third-order valence-electron chi connectivity index (χ3n) is 7.31. The van der Waals surface area contributed by atoms with E-state index in [1.54, 1.807) is 7.05 Å². The van der Waals surface area contributed by atoms with Gasteiger partial charge in [-0.25, -0.2) is 4.98 Å². The number of aromatic nitrogens is 1. The van der Waals surface area contributed by atoms with Gasteiger partial charge >= 0.3 is 0 Å². The number of hydrogen-bond donors (Lipinski definition) is 3. The molecule has 0 saturated heterocycles. The zero-order valence-corrected chi connectivity index (χ0v) is 18.9. The molecule has 0 bridgehead atoms. The largest absolute Gasteiger partial charge is 0.396 e. The fourth-order valence-corrected chi connectivity index (χ4v) is 6.52. The molecule has 1 saturated carbocycles. The van der Waals surface area contributed by atoms with Crippen LogP contribution in [0.5, 0.6) is 0 Å². The number of anilines is 1. The van der Waals surface area contributed by atoms with Crippen molar-refractivity contribution in [3.05, 3.63) is 10.6 Å². The van der Waals surface area contributed by atoms with Crippen molar-refractivity contribution in [2.24, 2.45) is 16.7 Å². The highest BCUT2D eigenvalue weighted by atomic mass is 32.1. The van der Waals surface area contributed by atoms with Gasteiger partial charge in [0.25, 0.3) is 0 Å². The molecule has 164 valence electrons. The second-order valence-electron chi connectivity index (χ2n) is 9.20. The Kier molecular flexibility index (Phi) is 6.28. The third-order valence-corrected chi connectivity index (χ3v) is 8.32. The van der Waals surface area contributed by atoms with Crippen LogP contribution in [0, 0.1) is 29.1 Å². The highest BCUT2D eigenvalue weighted by Crippen LogP contribution is 2.62. The predicted octanol–water partition coefficient (Wildman–Crippen LogP) is 2.00. The number of fused-ring (bicyclic) bond motifs is 2. The monoisotopic (exact) mass is 433 g/mol. The zero-order valence-electron chi connectivity index (χ0n) is 18.1. The summed E-state index contributed by atoms with van der Waals surface area (Å²) in [6.07, 6.45) is 6.97. The first-order valence-electron chi connectivity index (χ1n) is 10.3. The molecule has 1 fully saturated rings. The van der Waals surface area contributed by atoms with Crippen molar-refractivity contribution >= 4 is 28.3 Å². The number of hydrogen-bond acceptors (Lipinski definition) is 6. The molecule has 0 spiro atoms. The van der Waals surface area contributed by atoms with Gasteiger partial charge in [0, 0.05) is 36.6 Å². The van der Waals surface area contributed by atoms with Crippen LogP contribution in [-0.4, -0.2) is 58.2 Å². The molecule has 5 atom stereocenters. The maximum atomic E-state index is 12.9. The van der Waals surface area contributed by atoms with Gasteiger partial charge in [-0.1, -0.05) is 19.8 Å². The molecule has 3 rings (SSSR count). The summed E-state index contributed by atoms with van der Waals surface area (Å²) in [7, 11) is 1.69. The Labute approximate surface area is 181 Å². The van der Waals surface area contributed by atoms with Crippen molar-refractivity contribution in [3.63, 3.8) is 0 Å². The zero-order chi connectivity index (χ0) is 22.3. The number of carbonyl (C=O) groups excluding carboxylic acids is 2. The van der Waals surface area contributed by atoms with Crippen molar-refractivity contribution in [1.29, 1.82) is 0 Å². The number of nitrogens with zero attached hydrogens (tertiary/aromatic N) is 2. The average Bonchev–Trinajstić information content (AvgIpc) is 3.08. The molecule has 1 heterocycles. The van der Waals surface area contributed by atoms with Gasteiger partial charge in [-0.05, 0) is 30.6 Å². The number of terminal acetylenes is 1. The minimum absolute atomic E-state index is 0.0207. The fourth-order valence-electron chi connectivity index (χ4n) is 5.41. The van der Waals surface area contributed by atoms with Gasteiger partial charge in [0.2, 0.25) is 11.8 Å². The molecule has 7 nitrogen and oxygen atoms in total. The molecule has 1 aromatic rings. The van der Waals surface area contributed by atoms with Crippen LogP contribution in [0.1, 0.15) is 56.5 Å². The van der Waals surface area contributed by atoms with Crippen molar-refractivity contribution in [1.82, 2.24) is 9.88 Å². The summed E-state index contributed by atoms with van der Waals surface area (Å²) < 4.78 is 0. The van der Waals surface area contributed by atoms with Crippen molar-refractivity contribution in [3.8, 4) is 12.3 Å². The lowest BCUT2D eigenvalue weighted by Crippen LogP contribution is -2.57. The third kappa shape index (κ3) is 3.75. The first-order valence-corrected chi connectivity index (χ1v) is 11.1. The maximum absolute atomic E-state index is 12.9. The van der Waals surface area contributed by atoms with Gasteiger partial charge in [-0.3, -0.25) is 9.59 Å². The first-order chi connectivity index (χ1) is 14.1. The lowest BCUT2D eigenvalue weighted by Gasteiger charge is -2.58. The van der Waals surface area contributed by atoms with E-state index in [2.05, 4.69) is 18.2 Å². The van der Waals surface area contributed by atoms with E-state index < -0.39 is 11.5 Å². The van der Waals surface area contributed by atoms with Gasteiger partial charge in [0.05, 0.1) is 24.9 Å². The van der Waals surface area contributed by atoms with Crippen molar-refractivity contribution in [2.45, 2.75) is 58.5 Å². The summed E-state index contributed by atoms with van der Waals surface area (Å²) in [5.41, 5.74) is -0.145. The number of amides is 2. The van der Waals surface area contributed by atoms with Gasteiger partial charge < -0.3 is 20.4 Å². The summed E-state index contributed by atoms with van der Waals surface area (Å²) in [6.45, 7) is 5.63. The molecule has 3 N–H and O–H groups in total. The number of carbonyl (C=O) groups is 2. The number of aliphatic hydroxyl groups is 2. The van der Waals surface area contributed by atoms with E-state index in [0.717, 1.165) is 17.0 Å². The quantitative estimate of drug-likeness (QED) is 0.617. The fraction of sp³-hybridized carbons (Fsp3) is 0.682. The summed E-state index contributed by atoms with van der Waals surface area (Å²) in [4.78, 5) is 31.8. The summed E-state index contributed by atoms with van der Waals surface area (Å²) in [6, 6.07) is 0. The molecule has 8 heteroatoms. The van der Waals surface area contributed by atoms with Crippen LogP contribution in [0.2, 0.25) is 0 Å². The smallest absolute Gasteiger partial charge is 0.223 e. The van der Waals surface area contributed by atoms with Crippen LogP contribution >= 0.6 is 11.3 Å². The molecule has 30 heavy (non-hydrogen) atoms. The lowest BCUT2D eigenvalue weighted by molar-refractivity contribution is -0.146. The van der Waals surface area contributed by atoms with Gasteiger partial charge in [0.1, 0.15) is 0 Å². The van der Waals surface area contributed by atoms with E-state index in [9.17, 15) is 19.8 Å². The van der Waals surface area contributed by atoms with E-state index in [0.29, 0.717) is 18.0 Å². The Bertz CT molecular complexity index is 878. The molecular weight excluding hydrogens is 402 g/mol. The molecule has 2 aliphatic rings. The maximum Gasteiger partial charge on any atom is 0.223 e. The Morgan fingerprint density at radius 3 is 2.73 bits per heavy atom. The van der Waals surface area contributed by atoms with Gasteiger partial charge in [0.15, 0.2) is 5.13 Å². The molecular formula is C22H31N3O4S. The molecule has 2 amide bonds. The second kappa shape index (κ2) is 8.29. The lowest BCUT2D eigenvalue weighted by atomic mass is 9.47. The Morgan fingerprint density at radius 2 is 2.13 bits per heavy atom. The topological polar surface area (TPSA) is 103 Å².